The van der Waals surface area contributed by atoms with Crippen LogP contribution in [-0.4, -0.2) is 43.9 Å². The van der Waals surface area contributed by atoms with Crippen molar-refractivity contribution in [3.05, 3.63) is 64.9 Å². The molecule has 0 unspecified atom stereocenters. The summed E-state index contributed by atoms with van der Waals surface area (Å²) in [5, 5.41) is 3.46. The highest BCUT2D eigenvalue weighted by atomic mass is 35.5. The van der Waals surface area contributed by atoms with Gasteiger partial charge in [-0.3, -0.25) is 9.59 Å². The molecule has 0 radical (unpaired) electrons. The summed E-state index contributed by atoms with van der Waals surface area (Å²) in [6.07, 6.45) is 0.158. The minimum atomic E-state index is -0.429. The minimum Gasteiger partial charge on any atom is -0.354 e. The van der Waals surface area contributed by atoms with Crippen molar-refractivity contribution >= 4 is 29.1 Å². The fraction of sp³-hybridized carbons (Fsp3) is 0.333. The van der Waals surface area contributed by atoms with Gasteiger partial charge in [0.1, 0.15) is 5.82 Å². The van der Waals surface area contributed by atoms with Crippen molar-refractivity contribution in [2.75, 3.05) is 32.1 Å². The molecule has 1 N–H and O–H groups in total. The van der Waals surface area contributed by atoms with Crippen molar-refractivity contribution in [2.45, 2.75) is 12.5 Å². The molecule has 0 aliphatic carbocycles. The predicted molar refractivity (Wildman–Crippen MR) is 108 cm³/mol. The molecule has 5 nitrogen and oxygen atoms in total. The quantitative estimate of drug-likeness (QED) is 0.805. The van der Waals surface area contributed by atoms with E-state index in [4.69, 9.17) is 11.6 Å². The first-order valence-electron chi connectivity index (χ1n) is 9.10. The van der Waals surface area contributed by atoms with Crippen LogP contribution >= 0.6 is 11.6 Å². The largest absolute Gasteiger partial charge is 0.354 e. The third kappa shape index (κ3) is 4.69. The van der Waals surface area contributed by atoms with E-state index >= 15 is 0 Å². The van der Waals surface area contributed by atoms with E-state index in [1.807, 2.05) is 25.1 Å². The smallest absolute Gasteiger partial charge is 0.227 e. The molecule has 7 heteroatoms. The van der Waals surface area contributed by atoms with Crippen LogP contribution in [-0.2, 0) is 9.59 Å². The highest BCUT2D eigenvalue weighted by Gasteiger charge is 2.35. The molecule has 0 bridgehead atoms. The topological polar surface area (TPSA) is 52.7 Å². The van der Waals surface area contributed by atoms with Crippen LogP contribution in [0.3, 0.4) is 0 Å². The molecular weight excluding hydrogens is 381 g/mol. The molecule has 0 aromatic heterocycles. The van der Waals surface area contributed by atoms with Crippen molar-refractivity contribution in [2.24, 2.45) is 5.92 Å². The summed E-state index contributed by atoms with van der Waals surface area (Å²) >= 11 is 6.00. The zero-order valence-electron chi connectivity index (χ0n) is 15.9. The number of anilines is 1. The highest BCUT2D eigenvalue weighted by molar-refractivity contribution is 6.31. The Morgan fingerprint density at radius 2 is 2.04 bits per heavy atom. The zero-order valence-corrected chi connectivity index (χ0v) is 16.6. The van der Waals surface area contributed by atoms with E-state index in [0.29, 0.717) is 23.8 Å². The summed E-state index contributed by atoms with van der Waals surface area (Å²) in [5.74, 6) is -1.02. The predicted octanol–water partition coefficient (Wildman–Crippen LogP) is 3.25. The van der Waals surface area contributed by atoms with Gasteiger partial charge in [0.15, 0.2) is 0 Å². The lowest BCUT2D eigenvalue weighted by molar-refractivity contribution is -0.126. The Hall–Kier alpha value is -2.44. The molecule has 1 aliphatic heterocycles. The number of carbonyl (C=O) groups excluding carboxylic acids is 2. The molecule has 0 saturated carbocycles. The third-order valence-electron chi connectivity index (χ3n) is 4.94. The fourth-order valence-electron chi connectivity index (χ4n) is 3.43. The molecule has 2 aromatic carbocycles. The van der Waals surface area contributed by atoms with Gasteiger partial charge in [0.2, 0.25) is 11.8 Å². The summed E-state index contributed by atoms with van der Waals surface area (Å²) in [7, 11) is 3.75. The fourth-order valence-corrected chi connectivity index (χ4v) is 3.62. The first-order chi connectivity index (χ1) is 13.3. The third-order valence-corrected chi connectivity index (χ3v) is 5.18. The molecule has 1 heterocycles. The molecule has 2 atom stereocenters. The van der Waals surface area contributed by atoms with Gasteiger partial charge < -0.3 is 15.1 Å². The first kappa shape index (κ1) is 20.3. The number of amides is 2. The van der Waals surface area contributed by atoms with Gasteiger partial charge >= 0.3 is 0 Å². The molecule has 1 aliphatic rings. The van der Waals surface area contributed by atoms with E-state index in [1.165, 1.54) is 12.1 Å². The number of benzene rings is 2. The van der Waals surface area contributed by atoms with Crippen molar-refractivity contribution in [1.82, 2.24) is 10.2 Å². The van der Waals surface area contributed by atoms with E-state index < -0.39 is 5.92 Å². The second-order valence-electron chi connectivity index (χ2n) is 7.16. The van der Waals surface area contributed by atoms with Gasteiger partial charge in [-0.25, -0.2) is 4.39 Å². The Morgan fingerprint density at radius 1 is 1.29 bits per heavy atom. The van der Waals surface area contributed by atoms with Crippen molar-refractivity contribution in [1.29, 1.82) is 0 Å². The number of nitrogens with one attached hydrogen (secondary N) is 1. The summed E-state index contributed by atoms with van der Waals surface area (Å²) in [6.45, 7) is 0.648. The molecule has 28 heavy (non-hydrogen) atoms. The Bertz CT molecular complexity index is 874. The minimum absolute atomic E-state index is 0.100. The lowest BCUT2D eigenvalue weighted by atomic mass is 10.0. The average molecular weight is 404 g/mol. The van der Waals surface area contributed by atoms with Crippen molar-refractivity contribution < 1.29 is 14.0 Å². The molecule has 148 valence electrons. The van der Waals surface area contributed by atoms with Crippen LogP contribution in [0, 0.1) is 11.7 Å². The SMILES string of the molecule is CN(C)[C@H](CNC(=O)[C@@H]1CC(=O)N(c2cccc(Cl)c2)C1)c1cccc(F)c1. The number of rotatable bonds is 6. The number of hydrogen-bond acceptors (Lipinski definition) is 3. The van der Waals surface area contributed by atoms with Gasteiger partial charge in [-0.15, -0.1) is 0 Å². The molecule has 1 fully saturated rings. The normalized spacial score (nSPS) is 17.8. The van der Waals surface area contributed by atoms with E-state index in [2.05, 4.69) is 5.32 Å². The van der Waals surface area contributed by atoms with Crippen molar-refractivity contribution in [3.63, 3.8) is 0 Å². The van der Waals surface area contributed by atoms with Gasteiger partial charge in [-0.05, 0) is 50.0 Å². The second-order valence-corrected chi connectivity index (χ2v) is 7.60. The number of nitrogens with zero attached hydrogens (tertiary/aromatic N) is 2. The summed E-state index contributed by atoms with van der Waals surface area (Å²) in [6, 6.07) is 13.2. The van der Waals surface area contributed by atoms with Crippen LogP contribution in [0.4, 0.5) is 10.1 Å². The Balaban J connectivity index is 1.63. The maximum absolute atomic E-state index is 13.6. The van der Waals surface area contributed by atoms with Gasteiger partial charge in [0.05, 0.1) is 12.0 Å². The number of likely N-dealkylation sites (N-methyl/N-ethyl adjacent to an activating group) is 1. The van der Waals surface area contributed by atoms with Crippen LogP contribution in [0.5, 0.6) is 0 Å². The number of halogens is 2. The zero-order chi connectivity index (χ0) is 20.3. The van der Waals surface area contributed by atoms with Gasteiger partial charge in [0, 0.05) is 30.2 Å². The van der Waals surface area contributed by atoms with Crippen molar-refractivity contribution in [3.8, 4) is 0 Å². The van der Waals surface area contributed by atoms with Gasteiger partial charge in [-0.2, -0.15) is 0 Å². The maximum atomic E-state index is 13.6. The second kappa shape index (κ2) is 8.71. The molecule has 3 rings (SSSR count). The van der Waals surface area contributed by atoms with Crippen LogP contribution < -0.4 is 10.2 Å². The lowest BCUT2D eigenvalue weighted by Crippen LogP contribution is -2.38. The Kier molecular flexibility index (Phi) is 6.31. The van der Waals surface area contributed by atoms with E-state index in [-0.39, 0.29) is 30.1 Å². The highest BCUT2D eigenvalue weighted by Crippen LogP contribution is 2.27. The van der Waals surface area contributed by atoms with Crippen LogP contribution in [0.2, 0.25) is 5.02 Å². The lowest BCUT2D eigenvalue weighted by Gasteiger charge is -2.25. The summed E-state index contributed by atoms with van der Waals surface area (Å²) in [4.78, 5) is 28.5. The summed E-state index contributed by atoms with van der Waals surface area (Å²) < 4.78 is 13.6. The first-order valence-corrected chi connectivity index (χ1v) is 9.48. The number of hydrogen-bond donors (Lipinski definition) is 1. The molecule has 2 amide bonds. The number of carbonyl (C=O) groups is 2. The average Bonchev–Trinajstić information content (AvgIpc) is 3.03. The Morgan fingerprint density at radius 3 is 2.71 bits per heavy atom. The monoisotopic (exact) mass is 403 g/mol. The standard InChI is InChI=1S/C21H23ClFN3O2/c1-25(2)19(14-5-3-7-17(23)9-14)12-24-21(28)15-10-20(27)26(13-15)18-8-4-6-16(22)11-18/h3-9,11,15,19H,10,12-13H2,1-2H3,(H,24,28)/t15-,19-/m1/s1. The van der Waals surface area contributed by atoms with Gasteiger partial charge in [0.25, 0.3) is 0 Å². The summed E-state index contributed by atoms with van der Waals surface area (Å²) in [5.41, 5.74) is 1.48. The molecular formula is C21H23ClFN3O2. The van der Waals surface area contributed by atoms with Crippen LogP contribution in [0.15, 0.2) is 48.5 Å². The molecule has 2 aromatic rings. The van der Waals surface area contributed by atoms with E-state index in [9.17, 15) is 14.0 Å². The van der Waals surface area contributed by atoms with E-state index in [1.54, 1.807) is 35.2 Å². The van der Waals surface area contributed by atoms with Crippen LogP contribution in [0.25, 0.3) is 0 Å². The maximum Gasteiger partial charge on any atom is 0.227 e. The van der Waals surface area contributed by atoms with E-state index in [0.717, 1.165) is 5.56 Å². The molecule has 1 saturated heterocycles. The van der Waals surface area contributed by atoms with Crippen LogP contribution in [0.1, 0.15) is 18.0 Å². The van der Waals surface area contributed by atoms with Gasteiger partial charge in [-0.1, -0.05) is 29.8 Å². The molecule has 0 spiro atoms. The Labute approximate surface area is 169 Å².